The monoisotopic (exact) mass is 239 g/mol. The topological polar surface area (TPSA) is 47.4 Å². The Hall–Kier alpha value is -1.36. The van der Waals surface area contributed by atoms with Crippen LogP contribution in [0.3, 0.4) is 0 Å². The van der Waals surface area contributed by atoms with Gasteiger partial charge in [0.15, 0.2) is 0 Å². The molecule has 0 unspecified atom stereocenters. The summed E-state index contributed by atoms with van der Waals surface area (Å²) in [7, 11) is 3.83. The van der Waals surface area contributed by atoms with Gasteiger partial charge >= 0.3 is 5.97 Å². The lowest BCUT2D eigenvalue weighted by Gasteiger charge is -2.15. The van der Waals surface area contributed by atoms with Gasteiger partial charge < -0.3 is 4.74 Å². The van der Waals surface area contributed by atoms with Crippen LogP contribution in [0, 0.1) is 13.8 Å². The van der Waals surface area contributed by atoms with Crippen LogP contribution in [0.25, 0.3) is 0 Å². The summed E-state index contributed by atoms with van der Waals surface area (Å²) in [6.07, 6.45) is 0. The normalized spacial score (nSPS) is 10.9. The van der Waals surface area contributed by atoms with Crippen LogP contribution in [0.15, 0.2) is 0 Å². The molecule has 0 aliphatic rings. The van der Waals surface area contributed by atoms with Crippen LogP contribution in [0.2, 0.25) is 0 Å². The molecule has 0 N–H and O–H groups in total. The van der Waals surface area contributed by atoms with Gasteiger partial charge in [0.1, 0.15) is 0 Å². The van der Waals surface area contributed by atoms with Crippen LogP contribution in [-0.2, 0) is 23.1 Å². The second-order valence-corrected chi connectivity index (χ2v) is 4.25. The van der Waals surface area contributed by atoms with Crippen LogP contribution < -0.4 is 0 Å². The number of aromatic nitrogens is 2. The number of esters is 1. The summed E-state index contributed by atoms with van der Waals surface area (Å²) in [6, 6.07) is 0. The predicted molar refractivity (Wildman–Crippen MR) is 65.6 cm³/mol. The fourth-order valence-corrected chi connectivity index (χ4v) is 1.80. The van der Waals surface area contributed by atoms with E-state index in [-0.39, 0.29) is 5.97 Å². The first kappa shape index (κ1) is 13.7. The SMILES string of the molecule is CCOC(=O)CN(C)Cc1c(C)nn(C)c1C. The number of ether oxygens (including phenoxy) is 1. The van der Waals surface area contributed by atoms with Crippen molar-refractivity contribution in [2.75, 3.05) is 20.2 Å². The second-order valence-electron chi connectivity index (χ2n) is 4.25. The second kappa shape index (κ2) is 5.82. The lowest BCUT2D eigenvalue weighted by molar-refractivity contribution is -0.144. The van der Waals surface area contributed by atoms with Gasteiger partial charge in [0, 0.05) is 24.8 Å². The lowest BCUT2D eigenvalue weighted by atomic mass is 10.2. The molecule has 0 saturated heterocycles. The number of rotatable bonds is 5. The molecule has 1 aromatic heterocycles. The van der Waals surface area contributed by atoms with E-state index in [1.807, 2.05) is 44.4 Å². The van der Waals surface area contributed by atoms with Crippen molar-refractivity contribution in [3.8, 4) is 0 Å². The molecule has 1 heterocycles. The van der Waals surface area contributed by atoms with Crippen molar-refractivity contribution in [3.63, 3.8) is 0 Å². The third-order valence-corrected chi connectivity index (χ3v) is 2.79. The maximum absolute atomic E-state index is 11.3. The molecule has 17 heavy (non-hydrogen) atoms. The van der Waals surface area contributed by atoms with Gasteiger partial charge in [-0.3, -0.25) is 14.4 Å². The van der Waals surface area contributed by atoms with Crippen LogP contribution in [-0.4, -0.2) is 40.8 Å². The summed E-state index contributed by atoms with van der Waals surface area (Å²) >= 11 is 0. The first-order chi connectivity index (χ1) is 7.95. The third-order valence-electron chi connectivity index (χ3n) is 2.79. The maximum atomic E-state index is 11.3. The van der Waals surface area contributed by atoms with E-state index in [2.05, 4.69) is 5.10 Å². The fraction of sp³-hybridized carbons (Fsp3) is 0.667. The van der Waals surface area contributed by atoms with E-state index in [4.69, 9.17) is 4.74 Å². The number of hydrogen-bond donors (Lipinski definition) is 0. The van der Waals surface area contributed by atoms with E-state index in [1.165, 1.54) is 5.56 Å². The minimum atomic E-state index is -0.186. The standard InChI is InChI=1S/C12H21N3O2/c1-6-17-12(16)8-14(4)7-11-9(2)13-15(5)10(11)3/h6-8H2,1-5H3. The van der Waals surface area contributed by atoms with E-state index in [0.29, 0.717) is 19.7 Å². The van der Waals surface area contributed by atoms with Gasteiger partial charge in [0.2, 0.25) is 0 Å². The zero-order chi connectivity index (χ0) is 13.0. The molecule has 5 heteroatoms. The Balaban J connectivity index is 2.62. The van der Waals surface area contributed by atoms with Crippen LogP contribution >= 0.6 is 0 Å². The maximum Gasteiger partial charge on any atom is 0.320 e. The molecule has 0 bridgehead atoms. The Labute approximate surface area is 102 Å². The molecule has 1 rings (SSSR count). The van der Waals surface area contributed by atoms with Crippen molar-refractivity contribution in [1.82, 2.24) is 14.7 Å². The van der Waals surface area contributed by atoms with E-state index in [0.717, 1.165) is 11.4 Å². The zero-order valence-corrected chi connectivity index (χ0v) is 11.3. The molecule has 96 valence electrons. The molecule has 0 saturated carbocycles. The van der Waals surface area contributed by atoms with Gasteiger partial charge in [-0.2, -0.15) is 5.10 Å². The van der Waals surface area contributed by atoms with Crippen molar-refractivity contribution in [2.24, 2.45) is 7.05 Å². The Morgan fingerprint density at radius 2 is 2.12 bits per heavy atom. The van der Waals surface area contributed by atoms with E-state index >= 15 is 0 Å². The minimum Gasteiger partial charge on any atom is -0.465 e. The molecule has 0 atom stereocenters. The smallest absolute Gasteiger partial charge is 0.320 e. The Bertz CT molecular complexity index is 399. The molecular formula is C12H21N3O2. The summed E-state index contributed by atoms with van der Waals surface area (Å²) in [6.45, 7) is 7.28. The van der Waals surface area contributed by atoms with Crippen molar-refractivity contribution >= 4 is 5.97 Å². The number of carbonyl (C=O) groups excluding carboxylic acids is 1. The van der Waals surface area contributed by atoms with Crippen LogP contribution in [0.5, 0.6) is 0 Å². The first-order valence-corrected chi connectivity index (χ1v) is 5.79. The largest absolute Gasteiger partial charge is 0.465 e. The third kappa shape index (κ3) is 3.56. The average molecular weight is 239 g/mol. The highest BCUT2D eigenvalue weighted by Crippen LogP contribution is 2.13. The van der Waals surface area contributed by atoms with E-state index < -0.39 is 0 Å². The number of hydrogen-bond acceptors (Lipinski definition) is 4. The molecule has 0 amide bonds. The van der Waals surface area contributed by atoms with Gasteiger partial charge in [-0.05, 0) is 27.8 Å². The molecular weight excluding hydrogens is 218 g/mol. The van der Waals surface area contributed by atoms with Crippen molar-refractivity contribution in [3.05, 3.63) is 17.0 Å². The summed E-state index contributed by atoms with van der Waals surface area (Å²) in [5.74, 6) is -0.186. The van der Waals surface area contributed by atoms with Crippen molar-refractivity contribution in [2.45, 2.75) is 27.3 Å². The minimum absolute atomic E-state index is 0.186. The van der Waals surface area contributed by atoms with E-state index in [1.54, 1.807) is 0 Å². The highest BCUT2D eigenvalue weighted by Gasteiger charge is 2.13. The lowest BCUT2D eigenvalue weighted by Crippen LogP contribution is -2.27. The summed E-state index contributed by atoms with van der Waals surface area (Å²) in [5, 5.41) is 4.35. The molecule has 0 spiro atoms. The summed E-state index contributed by atoms with van der Waals surface area (Å²) < 4.78 is 6.78. The van der Waals surface area contributed by atoms with Crippen molar-refractivity contribution in [1.29, 1.82) is 0 Å². The zero-order valence-electron chi connectivity index (χ0n) is 11.3. The fourth-order valence-electron chi connectivity index (χ4n) is 1.80. The predicted octanol–water partition coefficient (Wildman–Crippen LogP) is 1.03. The Morgan fingerprint density at radius 3 is 2.59 bits per heavy atom. The van der Waals surface area contributed by atoms with Gasteiger partial charge in [-0.1, -0.05) is 0 Å². The summed E-state index contributed by atoms with van der Waals surface area (Å²) in [5.41, 5.74) is 3.33. The Morgan fingerprint density at radius 1 is 1.47 bits per heavy atom. The summed E-state index contributed by atoms with van der Waals surface area (Å²) in [4.78, 5) is 13.3. The van der Waals surface area contributed by atoms with E-state index in [9.17, 15) is 4.79 Å². The molecule has 5 nitrogen and oxygen atoms in total. The molecule has 0 radical (unpaired) electrons. The number of carbonyl (C=O) groups is 1. The van der Waals surface area contributed by atoms with Gasteiger partial charge in [0.25, 0.3) is 0 Å². The molecule has 0 aliphatic carbocycles. The Kier molecular flexibility index (Phi) is 4.69. The molecule has 0 aliphatic heterocycles. The molecule has 0 fully saturated rings. The highest BCUT2D eigenvalue weighted by molar-refractivity contribution is 5.71. The number of aryl methyl sites for hydroxylation is 2. The number of likely N-dealkylation sites (N-methyl/N-ethyl adjacent to an activating group) is 1. The number of nitrogens with zero attached hydrogens (tertiary/aromatic N) is 3. The molecule has 1 aromatic rings. The quantitative estimate of drug-likeness (QED) is 0.720. The van der Waals surface area contributed by atoms with Crippen molar-refractivity contribution < 1.29 is 9.53 Å². The van der Waals surface area contributed by atoms with Gasteiger partial charge in [-0.25, -0.2) is 0 Å². The van der Waals surface area contributed by atoms with Gasteiger partial charge in [0.05, 0.1) is 18.8 Å². The van der Waals surface area contributed by atoms with Gasteiger partial charge in [-0.15, -0.1) is 0 Å². The van der Waals surface area contributed by atoms with Crippen LogP contribution in [0.1, 0.15) is 23.9 Å². The highest BCUT2D eigenvalue weighted by atomic mass is 16.5. The van der Waals surface area contributed by atoms with Crippen LogP contribution in [0.4, 0.5) is 0 Å². The first-order valence-electron chi connectivity index (χ1n) is 5.79. The average Bonchev–Trinajstić information content (AvgIpc) is 2.45. The molecule has 0 aromatic carbocycles.